The number of fused-ring (bicyclic) bond motifs is 1. The minimum atomic E-state index is -0.0407. The van der Waals surface area contributed by atoms with Gasteiger partial charge in [-0.2, -0.15) is 9.90 Å². The highest BCUT2D eigenvalue weighted by Gasteiger charge is 2.42. The maximum atomic E-state index is 12.9. The first kappa shape index (κ1) is 16.9. The molecule has 1 aromatic carbocycles. The fourth-order valence-electron chi connectivity index (χ4n) is 4.17. The van der Waals surface area contributed by atoms with Crippen molar-refractivity contribution in [2.75, 3.05) is 31.1 Å². The average molecular weight is 375 g/mol. The monoisotopic (exact) mass is 375 g/mol. The third kappa shape index (κ3) is 3.00. The molecule has 2 unspecified atom stereocenters. The van der Waals surface area contributed by atoms with Crippen LogP contribution in [0.25, 0.3) is 5.69 Å². The molecule has 2 fully saturated rings. The number of rotatable bonds is 3. The van der Waals surface area contributed by atoms with Gasteiger partial charge in [0, 0.05) is 49.8 Å². The van der Waals surface area contributed by atoms with Crippen molar-refractivity contribution in [3.05, 3.63) is 60.3 Å². The van der Waals surface area contributed by atoms with E-state index >= 15 is 0 Å². The van der Waals surface area contributed by atoms with Crippen molar-refractivity contribution in [1.82, 2.24) is 29.9 Å². The van der Waals surface area contributed by atoms with Crippen molar-refractivity contribution in [3.8, 4) is 5.69 Å². The zero-order valence-corrected chi connectivity index (χ0v) is 15.6. The number of anilines is 1. The summed E-state index contributed by atoms with van der Waals surface area (Å²) in [7, 11) is 0. The third-order valence-electron chi connectivity index (χ3n) is 5.58. The summed E-state index contributed by atoms with van der Waals surface area (Å²) in [6.07, 6.45) is 3.17. The number of likely N-dealkylation sites (tertiary alicyclic amines) is 1. The van der Waals surface area contributed by atoms with E-state index in [1.165, 1.54) is 4.80 Å². The number of benzene rings is 1. The van der Waals surface area contributed by atoms with Gasteiger partial charge in [-0.1, -0.05) is 18.2 Å². The molecule has 0 spiro atoms. The van der Waals surface area contributed by atoms with Crippen LogP contribution in [0.4, 0.5) is 5.82 Å². The number of aromatic nitrogens is 5. The second-order valence-corrected chi connectivity index (χ2v) is 7.51. The van der Waals surface area contributed by atoms with E-state index in [0.717, 1.165) is 43.4 Å². The lowest BCUT2D eigenvalue weighted by molar-refractivity contribution is 0.0776. The highest BCUT2D eigenvalue weighted by Crippen LogP contribution is 2.33. The molecule has 1 amide bonds. The summed E-state index contributed by atoms with van der Waals surface area (Å²) in [5, 5.41) is 8.62. The number of aryl methyl sites for hydroxylation is 1. The molecule has 8 heteroatoms. The lowest BCUT2D eigenvalue weighted by Gasteiger charge is -2.22. The fraction of sp³-hybridized carbons (Fsp3) is 0.350. The van der Waals surface area contributed by atoms with Crippen LogP contribution < -0.4 is 4.90 Å². The summed E-state index contributed by atoms with van der Waals surface area (Å²) in [4.78, 5) is 27.2. The summed E-state index contributed by atoms with van der Waals surface area (Å²) in [6.45, 7) is 5.32. The Kier molecular flexibility index (Phi) is 4.03. The molecule has 0 N–H and O–H groups in total. The lowest BCUT2D eigenvalue weighted by atomic mass is 10.0. The van der Waals surface area contributed by atoms with Gasteiger partial charge in [0.2, 0.25) is 0 Å². The number of nitrogens with zero attached hydrogens (tertiary/aromatic N) is 7. The summed E-state index contributed by atoms with van der Waals surface area (Å²) >= 11 is 0. The maximum absolute atomic E-state index is 12.9. The van der Waals surface area contributed by atoms with Crippen molar-refractivity contribution in [2.45, 2.75) is 6.92 Å². The second kappa shape index (κ2) is 6.70. The predicted molar refractivity (Wildman–Crippen MR) is 103 cm³/mol. The van der Waals surface area contributed by atoms with Crippen LogP contribution in [-0.2, 0) is 0 Å². The molecule has 2 atom stereocenters. The molecule has 8 nitrogen and oxygen atoms in total. The van der Waals surface area contributed by atoms with Crippen LogP contribution in [0.15, 0.2) is 48.9 Å². The van der Waals surface area contributed by atoms with Crippen LogP contribution in [0.5, 0.6) is 0 Å². The van der Waals surface area contributed by atoms with Crippen LogP contribution >= 0.6 is 0 Å². The number of para-hydroxylation sites is 1. The van der Waals surface area contributed by atoms with Gasteiger partial charge in [0.15, 0.2) is 5.69 Å². The van der Waals surface area contributed by atoms with Gasteiger partial charge >= 0.3 is 0 Å². The molecule has 2 aromatic heterocycles. The zero-order valence-electron chi connectivity index (χ0n) is 15.6. The van der Waals surface area contributed by atoms with E-state index in [-0.39, 0.29) is 5.91 Å². The van der Waals surface area contributed by atoms with Gasteiger partial charge in [-0.25, -0.2) is 9.97 Å². The summed E-state index contributed by atoms with van der Waals surface area (Å²) in [5.41, 5.74) is 2.21. The molecule has 0 saturated carbocycles. The largest absolute Gasteiger partial charge is 0.356 e. The Morgan fingerprint density at radius 2 is 1.79 bits per heavy atom. The molecule has 0 radical (unpaired) electrons. The van der Waals surface area contributed by atoms with Crippen LogP contribution in [0.3, 0.4) is 0 Å². The number of carbonyl (C=O) groups excluding carboxylic acids is 1. The molecule has 2 saturated heterocycles. The average Bonchev–Trinajstić information content (AvgIpc) is 3.43. The Hall–Kier alpha value is -3.29. The van der Waals surface area contributed by atoms with Gasteiger partial charge in [0.05, 0.1) is 11.9 Å². The second-order valence-electron chi connectivity index (χ2n) is 7.51. The minimum absolute atomic E-state index is 0.0407. The SMILES string of the molecule is Cc1cc(N2CC3CN(C(=O)c4cnn(-c5ccccc5)n4)CC3C2)ncn1. The first-order valence-corrected chi connectivity index (χ1v) is 9.48. The Labute approximate surface area is 162 Å². The molecule has 0 bridgehead atoms. The molecule has 28 heavy (non-hydrogen) atoms. The van der Waals surface area contributed by atoms with Crippen LogP contribution in [0.1, 0.15) is 16.2 Å². The summed E-state index contributed by atoms with van der Waals surface area (Å²) < 4.78 is 0. The van der Waals surface area contributed by atoms with Crippen LogP contribution in [0, 0.1) is 18.8 Å². The standard InChI is InChI=1S/C20H21N7O/c1-14-7-19(22-13-21-14)25-9-15-11-26(12-16(15)10-25)20(28)18-8-23-27(24-18)17-5-3-2-4-6-17/h2-8,13,15-16H,9-12H2,1H3. The van der Waals surface area contributed by atoms with Crippen molar-refractivity contribution in [1.29, 1.82) is 0 Å². The Morgan fingerprint density at radius 1 is 1.04 bits per heavy atom. The van der Waals surface area contributed by atoms with Gasteiger partial charge < -0.3 is 9.80 Å². The number of amides is 1. The number of hydrogen-bond donors (Lipinski definition) is 0. The van der Waals surface area contributed by atoms with Gasteiger partial charge in [0.25, 0.3) is 5.91 Å². The van der Waals surface area contributed by atoms with E-state index < -0.39 is 0 Å². The highest BCUT2D eigenvalue weighted by molar-refractivity contribution is 5.92. The molecule has 4 heterocycles. The van der Waals surface area contributed by atoms with Crippen LogP contribution in [-0.4, -0.2) is 61.9 Å². The first-order chi connectivity index (χ1) is 13.7. The Bertz CT molecular complexity index is 989. The number of hydrogen-bond acceptors (Lipinski definition) is 6. The summed E-state index contributed by atoms with van der Waals surface area (Å²) in [5.74, 6) is 1.86. The van der Waals surface area contributed by atoms with Gasteiger partial charge in [-0.05, 0) is 19.1 Å². The maximum Gasteiger partial charge on any atom is 0.276 e. The first-order valence-electron chi connectivity index (χ1n) is 9.48. The molecule has 3 aromatic rings. The molecule has 142 valence electrons. The van der Waals surface area contributed by atoms with Crippen molar-refractivity contribution in [2.24, 2.45) is 11.8 Å². The molecule has 0 aliphatic carbocycles. The molecular weight excluding hydrogens is 354 g/mol. The van der Waals surface area contributed by atoms with E-state index in [4.69, 9.17) is 0 Å². The topological polar surface area (TPSA) is 80.0 Å². The highest BCUT2D eigenvalue weighted by atomic mass is 16.2. The molecule has 2 aliphatic heterocycles. The van der Waals surface area contributed by atoms with Gasteiger partial charge in [-0.3, -0.25) is 4.79 Å². The number of carbonyl (C=O) groups is 1. The van der Waals surface area contributed by atoms with Crippen molar-refractivity contribution in [3.63, 3.8) is 0 Å². The van der Waals surface area contributed by atoms with E-state index in [1.54, 1.807) is 12.5 Å². The smallest absolute Gasteiger partial charge is 0.276 e. The van der Waals surface area contributed by atoms with E-state index in [2.05, 4.69) is 25.1 Å². The Balaban J connectivity index is 1.25. The Morgan fingerprint density at radius 3 is 2.50 bits per heavy atom. The van der Waals surface area contributed by atoms with Crippen molar-refractivity contribution >= 4 is 11.7 Å². The molecular formula is C20H21N7O. The van der Waals surface area contributed by atoms with E-state index in [9.17, 15) is 4.79 Å². The van der Waals surface area contributed by atoms with Gasteiger partial charge in [0.1, 0.15) is 12.1 Å². The molecule has 5 rings (SSSR count). The predicted octanol–water partition coefficient (Wildman–Crippen LogP) is 1.57. The van der Waals surface area contributed by atoms with Crippen molar-refractivity contribution < 1.29 is 4.79 Å². The molecule has 2 aliphatic rings. The quantitative estimate of drug-likeness (QED) is 0.691. The van der Waals surface area contributed by atoms with Gasteiger partial charge in [-0.15, -0.1) is 5.10 Å². The lowest BCUT2D eigenvalue weighted by Crippen LogP contribution is -2.33. The zero-order chi connectivity index (χ0) is 19.1. The van der Waals surface area contributed by atoms with E-state index in [1.807, 2.05) is 48.2 Å². The minimum Gasteiger partial charge on any atom is -0.356 e. The normalized spacial score (nSPS) is 21.2. The summed E-state index contributed by atoms with van der Waals surface area (Å²) in [6, 6.07) is 11.6. The van der Waals surface area contributed by atoms with Crippen LogP contribution in [0.2, 0.25) is 0 Å². The fourth-order valence-corrected chi connectivity index (χ4v) is 4.17. The van der Waals surface area contributed by atoms with E-state index in [0.29, 0.717) is 17.5 Å². The third-order valence-corrected chi connectivity index (χ3v) is 5.58.